The number of amides is 1. The standard InChI is InChI=1S/C18H24ClN5OS/c1-11-5-4-6-12(2)23(11)17(25)13(3)26-18-22-21-16(24(18)20)14-7-9-15(19)10-8-14/h7-13H,4-6,20H2,1-3H3/t11-,12-,13-/m1/s1. The van der Waals surface area contributed by atoms with Gasteiger partial charge in [-0.25, -0.2) is 4.68 Å². The lowest BCUT2D eigenvalue weighted by atomic mass is 9.97. The van der Waals surface area contributed by atoms with Crippen molar-refractivity contribution in [2.75, 3.05) is 5.84 Å². The van der Waals surface area contributed by atoms with E-state index in [1.165, 1.54) is 22.9 Å². The summed E-state index contributed by atoms with van der Waals surface area (Å²) in [5.74, 6) is 6.84. The quantitative estimate of drug-likeness (QED) is 0.634. The van der Waals surface area contributed by atoms with E-state index in [0.29, 0.717) is 16.0 Å². The number of carbonyl (C=O) groups is 1. The number of carbonyl (C=O) groups excluding carboxylic acids is 1. The van der Waals surface area contributed by atoms with Crippen LogP contribution in [0.1, 0.15) is 40.0 Å². The Labute approximate surface area is 163 Å². The number of rotatable bonds is 4. The minimum atomic E-state index is -0.275. The molecule has 0 spiro atoms. The van der Waals surface area contributed by atoms with Gasteiger partial charge in [-0.05, 0) is 64.3 Å². The van der Waals surface area contributed by atoms with E-state index in [9.17, 15) is 4.79 Å². The van der Waals surface area contributed by atoms with E-state index < -0.39 is 0 Å². The summed E-state index contributed by atoms with van der Waals surface area (Å²) in [6, 6.07) is 7.79. The lowest BCUT2D eigenvalue weighted by molar-refractivity contribution is -0.136. The van der Waals surface area contributed by atoms with E-state index in [1.54, 1.807) is 12.1 Å². The number of nitrogen functional groups attached to an aromatic ring is 1. The van der Waals surface area contributed by atoms with Crippen molar-refractivity contribution in [3.8, 4) is 11.4 Å². The van der Waals surface area contributed by atoms with Gasteiger partial charge in [-0.1, -0.05) is 23.4 Å². The highest BCUT2D eigenvalue weighted by molar-refractivity contribution is 8.00. The lowest BCUT2D eigenvalue weighted by Crippen LogP contribution is -2.50. The summed E-state index contributed by atoms with van der Waals surface area (Å²) in [5, 5.41) is 9.23. The van der Waals surface area contributed by atoms with Gasteiger partial charge in [0.25, 0.3) is 0 Å². The number of hydrogen-bond donors (Lipinski definition) is 1. The van der Waals surface area contributed by atoms with Crippen LogP contribution in [0.5, 0.6) is 0 Å². The van der Waals surface area contributed by atoms with E-state index in [0.717, 1.165) is 18.4 Å². The average molecular weight is 394 g/mol. The van der Waals surface area contributed by atoms with Crippen LogP contribution in [0, 0.1) is 0 Å². The number of nitrogens with two attached hydrogens (primary N) is 1. The maximum Gasteiger partial charge on any atom is 0.236 e. The van der Waals surface area contributed by atoms with Crippen molar-refractivity contribution in [2.45, 2.75) is 62.5 Å². The molecule has 0 saturated carbocycles. The monoisotopic (exact) mass is 393 g/mol. The van der Waals surface area contributed by atoms with Crippen LogP contribution >= 0.6 is 23.4 Å². The first-order chi connectivity index (χ1) is 12.4. The molecule has 1 saturated heterocycles. The van der Waals surface area contributed by atoms with Crippen LogP contribution in [0.2, 0.25) is 5.02 Å². The maximum absolute atomic E-state index is 12.9. The van der Waals surface area contributed by atoms with E-state index in [4.69, 9.17) is 17.4 Å². The second-order valence-corrected chi connectivity index (χ2v) is 8.56. The summed E-state index contributed by atoms with van der Waals surface area (Å²) in [6.07, 6.45) is 3.29. The van der Waals surface area contributed by atoms with Gasteiger partial charge in [-0.15, -0.1) is 10.2 Å². The largest absolute Gasteiger partial charge is 0.336 e. The van der Waals surface area contributed by atoms with Crippen LogP contribution in [0.3, 0.4) is 0 Å². The molecule has 6 nitrogen and oxygen atoms in total. The van der Waals surface area contributed by atoms with Gasteiger partial charge in [0.2, 0.25) is 11.1 Å². The van der Waals surface area contributed by atoms with Crippen LogP contribution in [0.4, 0.5) is 0 Å². The van der Waals surface area contributed by atoms with Crippen molar-refractivity contribution in [1.82, 2.24) is 19.8 Å². The number of aromatic nitrogens is 3. The molecule has 1 amide bonds. The second kappa shape index (κ2) is 7.88. The number of halogens is 1. The van der Waals surface area contributed by atoms with Crippen molar-refractivity contribution in [3.05, 3.63) is 29.3 Å². The second-order valence-electron chi connectivity index (χ2n) is 6.82. The molecule has 0 radical (unpaired) electrons. The highest BCUT2D eigenvalue weighted by atomic mass is 35.5. The predicted molar refractivity (Wildman–Crippen MR) is 106 cm³/mol. The first kappa shape index (κ1) is 19.0. The van der Waals surface area contributed by atoms with Crippen LogP contribution in [0.15, 0.2) is 29.4 Å². The Morgan fingerprint density at radius 1 is 1.23 bits per heavy atom. The van der Waals surface area contributed by atoms with Gasteiger partial charge in [0, 0.05) is 22.7 Å². The number of piperidine rings is 1. The molecule has 26 heavy (non-hydrogen) atoms. The first-order valence-electron chi connectivity index (χ1n) is 8.83. The van der Waals surface area contributed by atoms with Crippen LogP contribution in [0.25, 0.3) is 11.4 Å². The van der Waals surface area contributed by atoms with Crippen LogP contribution in [-0.2, 0) is 4.79 Å². The zero-order valence-corrected chi connectivity index (χ0v) is 16.8. The topological polar surface area (TPSA) is 77.0 Å². The molecule has 1 aliphatic rings. The minimum absolute atomic E-state index is 0.130. The summed E-state index contributed by atoms with van der Waals surface area (Å²) in [4.78, 5) is 15.0. The van der Waals surface area contributed by atoms with Gasteiger partial charge in [0.05, 0.1) is 5.25 Å². The van der Waals surface area contributed by atoms with Crippen LogP contribution in [-0.4, -0.2) is 43.0 Å². The normalized spacial score (nSPS) is 21.6. The van der Waals surface area contributed by atoms with Gasteiger partial charge in [-0.3, -0.25) is 4.79 Å². The third-order valence-corrected chi connectivity index (χ3v) is 6.14. The van der Waals surface area contributed by atoms with Crippen molar-refractivity contribution < 1.29 is 4.79 Å². The summed E-state index contributed by atoms with van der Waals surface area (Å²) in [6.45, 7) is 6.14. The molecule has 2 aromatic rings. The van der Waals surface area contributed by atoms with E-state index >= 15 is 0 Å². The molecule has 3 rings (SSSR count). The lowest BCUT2D eigenvalue weighted by Gasteiger charge is -2.40. The van der Waals surface area contributed by atoms with Crippen molar-refractivity contribution in [1.29, 1.82) is 0 Å². The molecule has 1 fully saturated rings. The van der Waals surface area contributed by atoms with Gasteiger partial charge < -0.3 is 10.7 Å². The molecule has 0 unspecified atom stereocenters. The molecule has 2 N–H and O–H groups in total. The van der Waals surface area contributed by atoms with E-state index in [2.05, 4.69) is 24.0 Å². The van der Waals surface area contributed by atoms with Gasteiger partial charge >= 0.3 is 0 Å². The third kappa shape index (κ3) is 3.83. The highest BCUT2D eigenvalue weighted by Crippen LogP contribution is 2.29. The number of likely N-dealkylation sites (tertiary alicyclic amines) is 1. The fraction of sp³-hybridized carbons (Fsp3) is 0.500. The van der Waals surface area contributed by atoms with E-state index in [1.807, 2.05) is 24.0 Å². The molecule has 2 heterocycles. The van der Waals surface area contributed by atoms with Crippen LogP contribution < -0.4 is 5.84 Å². The zero-order valence-electron chi connectivity index (χ0n) is 15.2. The molecule has 8 heteroatoms. The summed E-state index contributed by atoms with van der Waals surface area (Å²) >= 11 is 7.27. The molecule has 3 atom stereocenters. The fourth-order valence-corrected chi connectivity index (χ4v) is 4.38. The molecule has 1 aliphatic heterocycles. The molecular weight excluding hydrogens is 370 g/mol. The van der Waals surface area contributed by atoms with Gasteiger partial charge in [0.1, 0.15) is 0 Å². The van der Waals surface area contributed by atoms with Crippen molar-refractivity contribution in [3.63, 3.8) is 0 Å². The number of thioether (sulfide) groups is 1. The molecule has 1 aromatic carbocycles. The average Bonchev–Trinajstić information content (AvgIpc) is 2.96. The molecule has 0 bridgehead atoms. The molecule has 140 valence electrons. The maximum atomic E-state index is 12.9. The SMILES string of the molecule is C[C@@H]1CCC[C@@H](C)N1C(=O)[C@@H](C)Sc1nnc(-c2ccc(Cl)cc2)n1N. The first-order valence-corrected chi connectivity index (χ1v) is 10.1. The Bertz CT molecular complexity index is 768. The molecular formula is C18H24ClN5OS. The van der Waals surface area contributed by atoms with Crippen molar-refractivity contribution >= 4 is 29.3 Å². The highest BCUT2D eigenvalue weighted by Gasteiger charge is 2.32. The summed E-state index contributed by atoms with van der Waals surface area (Å²) < 4.78 is 1.43. The fourth-order valence-electron chi connectivity index (χ4n) is 3.43. The zero-order chi connectivity index (χ0) is 18.8. The summed E-state index contributed by atoms with van der Waals surface area (Å²) in [5.41, 5.74) is 0.827. The summed E-state index contributed by atoms with van der Waals surface area (Å²) in [7, 11) is 0. The Morgan fingerprint density at radius 3 is 2.46 bits per heavy atom. The van der Waals surface area contributed by atoms with Gasteiger partial charge in [-0.2, -0.15) is 0 Å². The third-order valence-electron chi connectivity index (χ3n) is 4.84. The molecule has 1 aromatic heterocycles. The molecule has 0 aliphatic carbocycles. The number of benzene rings is 1. The van der Waals surface area contributed by atoms with Gasteiger partial charge in [0.15, 0.2) is 5.82 Å². The van der Waals surface area contributed by atoms with E-state index in [-0.39, 0.29) is 23.2 Å². The Hall–Kier alpha value is -1.73. The number of nitrogens with zero attached hydrogens (tertiary/aromatic N) is 4. The minimum Gasteiger partial charge on any atom is -0.336 e. The van der Waals surface area contributed by atoms with Crippen molar-refractivity contribution in [2.24, 2.45) is 0 Å². The Balaban J connectivity index is 1.74. The number of hydrogen-bond acceptors (Lipinski definition) is 5. The Morgan fingerprint density at radius 2 is 1.85 bits per heavy atom. The predicted octanol–water partition coefficient (Wildman–Crippen LogP) is 3.58. The Kier molecular flexibility index (Phi) is 5.77. The smallest absolute Gasteiger partial charge is 0.236 e.